The molecule has 3 unspecified atom stereocenters. The van der Waals surface area contributed by atoms with E-state index in [9.17, 15) is 4.21 Å². The van der Waals surface area contributed by atoms with Crippen LogP contribution in [0.1, 0.15) is 33.1 Å². The molecule has 0 aromatic heterocycles. The number of hydrogen-bond acceptors (Lipinski definition) is 2. The van der Waals surface area contributed by atoms with Gasteiger partial charge in [-0.3, -0.25) is 4.21 Å². The molecule has 1 saturated carbocycles. The third kappa shape index (κ3) is 1.96. The highest BCUT2D eigenvalue weighted by Gasteiger charge is 2.39. The van der Waals surface area contributed by atoms with Crippen molar-refractivity contribution in [1.29, 1.82) is 0 Å². The third-order valence-electron chi connectivity index (χ3n) is 3.38. The lowest BCUT2D eigenvalue weighted by Crippen LogP contribution is -2.53. The lowest BCUT2D eigenvalue weighted by Gasteiger charge is -2.42. The van der Waals surface area contributed by atoms with Gasteiger partial charge in [-0.25, -0.2) is 0 Å². The molecule has 3 heteroatoms. The Labute approximate surface area is 82.9 Å². The molecule has 2 rings (SSSR count). The molecule has 1 N–H and O–H groups in total. The second-order valence-electron chi connectivity index (χ2n) is 5.09. The predicted molar refractivity (Wildman–Crippen MR) is 56.2 cm³/mol. The molecule has 0 radical (unpaired) electrons. The van der Waals surface area contributed by atoms with Crippen molar-refractivity contribution in [2.75, 3.05) is 12.3 Å². The van der Waals surface area contributed by atoms with Crippen LogP contribution in [-0.2, 0) is 10.8 Å². The van der Waals surface area contributed by atoms with Crippen molar-refractivity contribution in [3.8, 4) is 0 Å². The molecule has 76 valence electrons. The second kappa shape index (κ2) is 3.35. The minimum Gasteiger partial charge on any atom is -0.312 e. The summed E-state index contributed by atoms with van der Waals surface area (Å²) in [5.41, 5.74) is 0.413. The second-order valence-corrected chi connectivity index (χ2v) is 6.87. The molecule has 0 amide bonds. The normalized spacial score (nSPS) is 44.0. The first-order chi connectivity index (χ1) is 6.08. The van der Waals surface area contributed by atoms with Crippen LogP contribution in [0.2, 0.25) is 0 Å². The summed E-state index contributed by atoms with van der Waals surface area (Å²) in [4.78, 5) is 0. The number of nitrogens with one attached hydrogen (secondary N) is 1. The molecular formula is C10H19NOS. The standard InChI is InChI=1S/C10H19NOS/c1-10(2)4-3-8-9(7-10)13(12)6-5-11-8/h8-9,11H,3-7H2,1-2H3. The van der Waals surface area contributed by atoms with Crippen molar-refractivity contribution in [2.24, 2.45) is 5.41 Å². The molecular weight excluding hydrogens is 182 g/mol. The first-order valence-corrected chi connectivity index (χ1v) is 6.57. The Morgan fingerprint density at radius 2 is 2.23 bits per heavy atom. The minimum absolute atomic E-state index is 0.413. The third-order valence-corrected chi connectivity index (χ3v) is 5.16. The van der Waals surface area contributed by atoms with Crippen LogP contribution in [0.25, 0.3) is 0 Å². The zero-order valence-electron chi connectivity index (χ0n) is 8.51. The number of rotatable bonds is 0. The summed E-state index contributed by atoms with van der Waals surface area (Å²) in [5.74, 6) is 0.858. The van der Waals surface area contributed by atoms with E-state index in [-0.39, 0.29) is 0 Å². The summed E-state index contributed by atoms with van der Waals surface area (Å²) < 4.78 is 11.8. The first-order valence-electron chi connectivity index (χ1n) is 5.19. The van der Waals surface area contributed by atoms with E-state index in [0.717, 1.165) is 18.7 Å². The maximum Gasteiger partial charge on any atom is 0.0506 e. The van der Waals surface area contributed by atoms with Gasteiger partial charge < -0.3 is 5.32 Å². The molecule has 0 spiro atoms. The van der Waals surface area contributed by atoms with Crippen LogP contribution in [0, 0.1) is 5.41 Å². The lowest BCUT2D eigenvalue weighted by molar-refractivity contribution is 0.209. The van der Waals surface area contributed by atoms with Crippen LogP contribution in [0.5, 0.6) is 0 Å². The fourth-order valence-corrected chi connectivity index (χ4v) is 4.38. The maximum absolute atomic E-state index is 11.8. The summed E-state index contributed by atoms with van der Waals surface area (Å²) in [6.07, 6.45) is 3.62. The Balaban J connectivity index is 2.10. The van der Waals surface area contributed by atoms with E-state index < -0.39 is 10.8 Å². The highest BCUT2D eigenvalue weighted by molar-refractivity contribution is 7.85. The number of fused-ring (bicyclic) bond motifs is 1. The van der Waals surface area contributed by atoms with Crippen molar-refractivity contribution in [3.63, 3.8) is 0 Å². The Morgan fingerprint density at radius 3 is 3.00 bits per heavy atom. The summed E-state index contributed by atoms with van der Waals surface area (Å²) in [7, 11) is -0.566. The lowest BCUT2D eigenvalue weighted by atomic mass is 9.75. The smallest absolute Gasteiger partial charge is 0.0506 e. The van der Waals surface area contributed by atoms with Gasteiger partial charge in [-0.05, 0) is 24.7 Å². The van der Waals surface area contributed by atoms with Gasteiger partial charge in [-0.15, -0.1) is 0 Å². The Morgan fingerprint density at radius 1 is 1.46 bits per heavy atom. The highest BCUT2D eigenvalue weighted by Crippen LogP contribution is 2.38. The quantitative estimate of drug-likeness (QED) is 0.640. The summed E-state index contributed by atoms with van der Waals surface area (Å²) in [6.45, 7) is 5.55. The van der Waals surface area contributed by atoms with Gasteiger partial charge in [0.05, 0.1) is 5.25 Å². The van der Waals surface area contributed by atoms with Crippen LogP contribution in [-0.4, -0.2) is 27.8 Å². The number of hydrogen-bond donors (Lipinski definition) is 1. The Hall–Kier alpha value is 0.110. The molecule has 3 atom stereocenters. The van der Waals surface area contributed by atoms with E-state index in [4.69, 9.17) is 0 Å². The average Bonchev–Trinajstić information content (AvgIpc) is 2.06. The molecule has 1 heterocycles. The molecule has 0 aromatic carbocycles. The Bertz CT molecular complexity index is 227. The van der Waals surface area contributed by atoms with Crippen molar-refractivity contribution < 1.29 is 4.21 Å². The van der Waals surface area contributed by atoms with E-state index in [0.29, 0.717) is 16.7 Å². The average molecular weight is 201 g/mol. The van der Waals surface area contributed by atoms with Gasteiger partial charge in [0, 0.05) is 29.1 Å². The van der Waals surface area contributed by atoms with E-state index in [1.54, 1.807) is 0 Å². The SMILES string of the molecule is CC1(C)CCC2NCCS(=O)C2C1. The molecule has 13 heavy (non-hydrogen) atoms. The maximum atomic E-state index is 11.8. The van der Waals surface area contributed by atoms with E-state index in [1.807, 2.05) is 0 Å². The van der Waals surface area contributed by atoms with Crippen LogP contribution >= 0.6 is 0 Å². The van der Waals surface area contributed by atoms with Crippen LogP contribution in [0.15, 0.2) is 0 Å². The minimum atomic E-state index is -0.566. The summed E-state index contributed by atoms with van der Waals surface area (Å²) in [6, 6.07) is 0.544. The van der Waals surface area contributed by atoms with E-state index >= 15 is 0 Å². The molecule has 1 aliphatic carbocycles. The monoisotopic (exact) mass is 201 g/mol. The van der Waals surface area contributed by atoms with E-state index in [2.05, 4.69) is 19.2 Å². The van der Waals surface area contributed by atoms with Gasteiger partial charge in [0.2, 0.25) is 0 Å². The Kier molecular flexibility index (Phi) is 2.49. The molecule has 0 bridgehead atoms. The fourth-order valence-electron chi connectivity index (χ4n) is 2.53. The van der Waals surface area contributed by atoms with Crippen molar-refractivity contribution >= 4 is 10.8 Å². The molecule has 2 fully saturated rings. The predicted octanol–water partition coefficient (Wildman–Crippen LogP) is 1.29. The molecule has 2 aliphatic rings. The van der Waals surface area contributed by atoms with Crippen molar-refractivity contribution in [1.82, 2.24) is 5.32 Å². The van der Waals surface area contributed by atoms with E-state index in [1.165, 1.54) is 12.8 Å². The van der Waals surface area contributed by atoms with Gasteiger partial charge in [0.15, 0.2) is 0 Å². The van der Waals surface area contributed by atoms with Gasteiger partial charge in [0.25, 0.3) is 0 Å². The largest absolute Gasteiger partial charge is 0.312 e. The van der Waals surface area contributed by atoms with Crippen LogP contribution < -0.4 is 5.32 Å². The summed E-state index contributed by atoms with van der Waals surface area (Å²) >= 11 is 0. The van der Waals surface area contributed by atoms with Gasteiger partial charge in [0.1, 0.15) is 0 Å². The van der Waals surface area contributed by atoms with Gasteiger partial charge >= 0.3 is 0 Å². The molecule has 2 nitrogen and oxygen atoms in total. The zero-order valence-corrected chi connectivity index (χ0v) is 9.32. The fraction of sp³-hybridized carbons (Fsp3) is 1.00. The molecule has 1 aliphatic heterocycles. The highest BCUT2D eigenvalue weighted by atomic mass is 32.2. The topological polar surface area (TPSA) is 29.1 Å². The summed E-state index contributed by atoms with van der Waals surface area (Å²) in [5, 5.41) is 3.92. The van der Waals surface area contributed by atoms with Crippen LogP contribution in [0.3, 0.4) is 0 Å². The van der Waals surface area contributed by atoms with Crippen molar-refractivity contribution in [2.45, 2.75) is 44.4 Å². The van der Waals surface area contributed by atoms with Crippen molar-refractivity contribution in [3.05, 3.63) is 0 Å². The van der Waals surface area contributed by atoms with Gasteiger partial charge in [-0.1, -0.05) is 13.8 Å². The molecule has 0 aromatic rings. The first kappa shape index (κ1) is 9.66. The van der Waals surface area contributed by atoms with Crippen LogP contribution in [0.4, 0.5) is 0 Å². The van der Waals surface area contributed by atoms with Gasteiger partial charge in [-0.2, -0.15) is 0 Å². The zero-order chi connectivity index (χ0) is 9.47. The molecule has 1 saturated heterocycles.